The summed E-state index contributed by atoms with van der Waals surface area (Å²) < 4.78 is 37.1. The highest BCUT2D eigenvalue weighted by Crippen LogP contribution is 2.37. The Labute approximate surface area is 176 Å². The first-order valence-electron chi connectivity index (χ1n) is 9.82. The summed E-state index contributed by atoms with van der Waals surface area (Å²) in [5.41, 5.74) is 2.73. The number of pyridine rings is 1. The van der Waals surface area contributed by atoms with Gasteiger partial charge in [-0.2, -0.15) is 0 Å². The fourth-order valence-electron chi connectivity index (χ4n) is 3.70. The summed E-state index contributed by atoms with van der Waals surface area (Å²) in [7, 11) is -3.30. The molecule has 0 saturated carbocycles. The van der Waals surface area contributed by atoms with Crippen molar-refractivity contribution in [3.8, 4) is 0 Å². The van der Waals surface area contributed by atoms with Gasteiger partial charge >= 0.3 is 0 Å². The number of aromatic nitrogens is 1. The van der Waals surface area contributed by atoms with Gasteiger partial charge in [0.25, 0.3) is 5.91 Å². The van der Waals surface area contributed by atoms with Crippen LogP contribution < -0.4 is 10.2 Å². The lowest BCUT2D eigenvalue weighted by Crippen LogP contribution is -2.32. The number of sulfone groups is 1. The maximum Gasteiger partial charge on any atom is 0.273 e. The van der Waals surface area contributed by atoms with E-state index in [-0.39, 0.29) is 11.7 Å². The van der Waals surface area contributed by atoms with Crippen molar-refractivity contribution in [1.82, 2.24) is 10.3 Å². The van der Waals surface area contributed by atoms with Gasteiger partial charge in [-0.05, 0) is 37.8 Å². The van der Waals surface area contributed by atoms with Crippen LogP contribution in [0.5, 0.6) is 0 Å². The molecule has 1 saturated heterocycles. The molecular formula is C22H26FN3O3S. The van der Waals surface area contributed by atoms with E-state index in [1.807, 2.05) is 12.1 Å². The largest absolute Gasteiger partial charge is 0.363 e. The molecule has 8 heteroatoms. The number of anilines is 1. The number of nitrogens with zero attached hydrogens (tertiary/aromatic N) is 2. The molecule has 1 aliphatic rings. The predicted octanol–water partition coefficient (Wildman–Crippen LogP) is 3.55. The summed E-state index contributed by atoms with van der Waals surface area (Å²) in [5.74, 6) is -1.40. The molecule has 0 aliphatic carbocycles. The van der Waals surface area contributed by atoms with Gasteiger partial charge in [0.15, 0.2) is 21.3 Å². The van der Waals surface area contributed by atoms with Crippen molar-refractivity contribution in [3.63, 3.8) is 0 Å². The zero-order chi connectivity index (χ0) is 21.9. The van der Waals surface area contributed by atoms with Crippen molar-refractivity contribution < 1.29 is 17.6 Å². The Morgan fingerprint density at radius 3 is 2.77 bits per heavy atom. The first kappa shape index (κ1) is 22.0. The normalized spacial score (nSPS) is 18.0. The summed E-state index contributed by atoms with van der Waals surface area (Å²) in [5, 5.41) is 3.54. The Kier molecular flexibility index (Phi) is 6.55. The number of aryl methyl sites for hydroxylation is 1. The highest BCUT2D eigenvalue weighted by Gasteiger charge is 2.28. The molecule has 3 rings (SSSR count). The molecule has 1 N–H and O–H groups in total. The molecule has 30 heavy (non-hydrogen) atoms. The lowest BCUT2D eigenvalue weighted by atomic mass is 9.99. The fraction of sp³-hybridized carbons (Fsp3) is 0.364. The topological polar surface area (TPSA) is 79.4 Å². The third-order valence-corrected chi connectivity index (χ3v) is 5.80. The standard InChI is InChI=1S/C22H26FN3O3S/c1-15-7-4-5-8-18(15)20-9-6-11-26(20)17-13-19(23)21(24-14-17)22(27)25-16(2)10-12-30(3,28)29/h4-5,7-8,10,12-14,16,20H,6,9,11H2,1-3H3,(H,25,27)/b12-10+/t16-,20?/m1/s1. The third-order valence-electron chi connectivity index (χ3n) is 5.15. The smallest absolute Gasteiger partial charge is 0.273 e. The lowest BCUT2D eigenvalue weighted by Gasteiger charge is -2.28. The molecule has 1 aliphatic heterocycles. The molecule has 0 spiro atoms. The number of rotatable bonds is 6. The zero-order valence-corrected chi connectivity index (χ0v) is 18.1. The zero-order valence-electron chi connectivity index (χ0n) is 17.3. The van der Waals surface area contributed by atoms with Gasteiger partial charge in [-0.3, -0.25) is 4.79 Å². The molecule has 1 aromatic heterocycles. The first-order chi connectivity index (χ1) is 14.2. The molecule has 0 bridgehead atoms. The van der Waals surface area contributed by atoms with Gasteiger partial charge in [-0.1, -0.05) is 30.3 Å². The van der Waals surface area contributed by atoms with Gasteiger partial charge in [-0.15, -0.1) is 0 Å². The molecular weight excluding hydrogens is 405 g/mol. The minimum Gasteiger partial charge on any atom is -0.363 e. The second-order valence-corrected chi connectivity index (χ2v) is 9.58. The second-order valence-electron chi connectivity index (χ2n) is 7.65. The number of nitrogens with one attached hydrogen (secondary N) is 1. The summed E-state index contributed by atoms with van der Waals surface area (Å²) >= 11 is 0. The van der Waals surface area contributed by atoms with Gasteiger partial charge in [0.2, 0.25) is 0 Å². The number of hydrogen-bond donors (Lipinski definition) is 1. The molecule has 2 aromatic rings. The molecule has 6 nitrogen and oxygen atoms in total. The molecule has 1 aromatic carbocycles. The van der Waals surface area contributed by atoms with E-state index >= 15 is 0 Å². The maximum absolute atomic E-state index is 14.7. The third kappa shape index (κ3) is 5.24. The van der Waals surface area contributed by atoms with E-state index in [1.54, 1.807) is 6.92 Å². The van der Waals surface area contributed by atoms with Gasteiger partial charge in [0.1, 0.15) is 0 Å². The number of halogens is 1. The molecule has 0 radical (unpaired) electrons. The molecule has 2 heterocycles. The van der Waals surface area contributed by atoms with Crippen LogP contribution in [0.1, 0.15) is 47.4 Å². The van der Waals surface area contributed by atoms with Crippen molar-refractivity contribution in [1.29, 1.82) is 0 Å². The fourth-order valence-corrected chi connectivity index (χ4v) is 4.22. The Hall–Kier alpha value is -2.74. The maximum atomic E-state index is 14.7. The molecule has 160 valence electrons. The van der Waals surface area contributed by atoms with Gasteiger partial charge in [0, 0.05) is 30.3 Å². The van der Waals surface area contributed by atoms with Crippen LogP contribution in [0.2, 0.25) is 0 Å². The van der Waals surface area contributed by atoms with E-state index in [9.17, 15) is 17.6 Å². The van der Waals surface area contributed by atoms with Crippen molar-refractivity contribution in [3.05, 3.63) is 70.7 Å². The predicted molar refractivity (Wildman–Crippen MR) is 116 cm³/mol. The average molecular weight is 432 g/mol. The van der Waals surface area contributed by atoms with Gasteiger partial charge in [0.05, 0.1) is 17.9 Å². The molecule has 2 atom stereocenters. The van der Waals surface area contributed by atoms with Crippen LogP contribution in [-0.4, -0.2) is 38.2 Å². The minimum atomic E-state index is -3.30. The number of amides is 1. The van der Waals surface area contributed by atoms with Crippen LogP contribution >= 0.6 is 0 Å². The minimum absolute atomic E-state index is 0.147. The van der Waals surface area contributed by atoms with E-state index in [0.29, 0.717) is 5.69 Å². The Bertz CT molecular complexity index is 1070. The van der Waals surface area contributed by atoms with Crippen molar-refractivity contribution in [2.75, 3.05) is 17.7 Å². The summed E-state index contributed by atoms with van der Waals surface area (Å²) in [6.45, 7) is 4.46. The second kappa shape index (κ2) is 8.95. The highest BCUT2D eigenvalue weighted by atomic mass is 32.2. The monoisotopic (exact) mass is 431 g/mol. The van der Waals surface area contributed by atoms with E-state index in [2.05, 4.69) is 34.3 Å². The molecule has 1 fully saturated rings. The first-order valence-corrected chi connectivity index (χ1v) is 11.8. The van der Waals surface area contributed by atoms with Crippen molar-refractivity contribution >= 4 is 21.4 Å². The summed E-state index contributed by atoms with van der Waals surface area (Å²) in [6, 6.07) is 9.07. The van der Waals surface area contributed by atoms with Crippen LogP contribution in [-0.2, 0) is 9.84 Å². The Morgan fingerprint density at radius 2 is 2.10 bits per heavy atom. The van der Waals surface area contributed by atoms with Crippen LogP contribution in [0.15, 0.2) is 48.0 Å². The number of benzene rings is 1. The number of carbonyl (C=O) groups is 1. The quantitative estimate of drug-likeness (QED) is 0.757. The summed E-state index contributed by atoms with van der Waals surface area (Å²) in [4.78, 5) is 18.5. The van der Waals surface area contributed by atoms with Gasteiger partial charge in [-0.25, -0.2) is 17.8 Å². The molecule has 1 unspecified atom stereocenters. The Balaban J connectivity index is 1.77. The van der Waals surface area contributed by atoms with Gasteiger partial charge < -0.3 is 10.2 Å². The summed E-state index contributed by atoms with van der Waals surface area (Å²) in [6.07, 6.45) is 5.87. The highest BCUT2D eigenvalue weighted by molar-refractivity contribution is 7.93. The number of carbonyl (C=O) groups excluding carboxylic acids is 1. The lowest BCUT2D eigenvalue weighted by molar-refractivity contribution is 0.0937. The van der Waals surface area contributed by atoms with E-state index in [0.717, 1.165) is 31.1 Å². The Morgan fingerprint density at radius 1 is 1.37 bits per heavy atom. The van der Waals surface area contributed by atoms with Crippen molar-refractivity contribution in [2.45, 2.75) is 38.8 Å². The van der Waals surface area contributed by atoms with E-state index < -0.39 is 27.6 Å². The molecule has 1 amide bonds. The van der Waals surface area contributed by atoms with Crippen LogP contribution in [0.4, 0.5) is 10.1 Å². The van der Waals surface area contributed by atoms with Crippen molar-refractivity contribution in [2.24, 2.45) is 0 Å². The van der Waals surface area contributed by atoms with Crippen LogP contribution in [0.25, 0.3) is 0 Å². The van der Waals surface area contributed by atoms with Crippen LogP contribution in [0, 0.1) is 12.7 Å². The SMILES string of the molecule is Cc1ccccc1C1CCCN1c1cnc(C(=O)N[C@H](C)/C=C/S(C)(=O)=O)c(F)c1. The van der Waals surface area contributed by atoms with Crippen LogP contribution in [0.3, 0.4) is 0 Å². The average Bonchev–Trinajstić information content (AvgIpc) is 3.15. The van der Waals surface area contributed by atoms with E-state index in [1.165, 1.54) is 29.5 Å². The van der Waals surface area contributed by atoms with E-state index in [4.69, 9.17) is 0 Å². The number of hydrogen-bond acceptors (Lipinski definition) is 5.